The number of ether oxygens (including phenoxy) is 1. The lowest BCUT2D eigenvalue weighted by Gasteiger charge is -2.23. The molecule has 1 unspecified atom stereocenters. The van der Waals surface area contributed by atoms with E-state index in [0.29, 0.717) is 12.0 Å². The van der Waals surface area contributed by atoms with Crippen molar-refractivity contribution in [3.05, 3.63) is 35.4 Å². The Morgan fingerprint density at radius 3 is 2.65 bits per heavy atom. The van der Waals surface area contributed by atoms with Crippen LogP contribution in [0.25, 0.3) is 0 Å². The van der Waals surface area contributed by atoms with Gasteiger partial charge in [0.15, 0.2) is 0 Å². The zero-order valence-electron chi connectivity index (χ0n) is 10.3. The minimum Gasteiger partial charge on any atom is -0.381 e. The van der Waals surface area contributed by atoms with E-state index in [9.17, 15) is 0 Å². The van der Waals surface area contributed by atoms with E-state index in [1.54, 1.807) is 0 Å². The lowest BCUT2D eigenvalue weighted by atomic mass is 9.89. The second-order valence-corrected chi connectivity index (χ2v) is 5.21. The second-order valence-electron chi connectivity index (χ2n) is 5.21. The van der Waals surface area contributed by atoms with Gasteiger partial charge in [-0.25, -0.2) is 0 Å². The molecule has 2 fully saturated rings. The minimum absolute atomic E-state index is 0.592. The van der Waals surface area contributed by atoms with Crippen LogP contribution < -0.4 is 5.32 Å². The van der Waals surface area contributed by atoms with Gasteiger partial charge >= 0.3 is 0 Å². The molecule has 2 nitrogen and oxygen atoms in total. The molecule has 0 spiro atoms. The van der Waals surface area contributed by atoms with Gasteiger partial charge in [-0.05, 0) is 49.3 Å². The Morgan fingerprint density at radius 1 is 1.06 bits per heavy atom. The fourth-order valence-electron chi connectivity index (χ4n) is 3.03. The topological polar surface area (TPSA) is 21.3 Å². The first kappa shape index (κ1) is 11.2. The third-order valence-electron chi connectivity index (χ3n) is 4.07. The van der Waals surface area contributed by atoms with Crippen LogP contribution >= 0.6 is 0 Å². The van der Waals surface area contributed by atoms with Gasteiger partial charge in [-0.2, -0.15) is 0 Å². The van der Waals surface area contributed by atoms with Crippen molar-refractivity contribution in [2.24, 2.45) is 0 Å². The zero-order valence-corrected chi connectivity index (χ0v) is 10.3. The van der Waals surface area contributed by atoms with E-state index in [1.165, 1.54) is 43.4 Å². The molecule has 0 radical (unpaired) electrons. The van der Waals surface area contributed by atoms with Crippen LogP contribution in [0.3, 0.4) is 0 Å². The molecule has 0 aromatic heterocycles. The van der Waals surface area contributed by atoms with E-state index in [0.717, 1.165) is 13.2 Å². The molecule has 2 heteroatoms. The van der Waals surface area contributed by atoms with Gasteiger partial charge in [-0.1, -0.05) is 24.3 Å². The van der Waals surface area contributed by atoms with Crippen LogP contribution in [0, 0.1) is 0 Å². The van der Waals surface area contributed by atoms with E-state index in [1.807, 2.05) is 0 Å². The molecule has 0 amide bonds. The average Bonchev–Trinajstić information content (AvgIpc) is 2.94. The molecule has 2 heterocycles. The van der Waals surface area contributed by atoms with Crippen LogP contribution in [0.1, 0.15) is 48.8 Å². The van der Waals surface area contributed by atoms with Crippen LogP contribution in [0.5, 0.6) is 0 Å². The Kier molecular flexibility index (Phi) is 3.44. The molecule has 2 aliphatic rings. The van der Waals surface area contributed by atoms with Crippen molar-refractivity contribution in [3.63, 3.8) is 0 Å². The molecule has 1 atom stereocenters. The van der Waals surface area contributed by atoms with Gasteiger partial charge in [0, 0.05) is 19.3 Å². The maximum atomic E-state index is 5.44. The molecule has 0 saturated carbocycles. The molecular weight excluding hydrogens is 210 g/mol. The third-order valence-corrected chi connectivity index (χ3v) is 4.07. The number of benzene rings is 1. The van der Waals surface area contributed by atoms with Crippen molar-refractivity contribution in [1.82, 2.24) is 5.32 Å². The van der Waals surface area contributed by atoms with E-state index in [-0.39, 0.29) is 0 Å². The molecule has 1 N–H and O–H groups in total. The molecule has 0 aliphatic carbocycles. The average molecular weight is 231 g/mol. The largest absolute Gasteiger partial charge is 0.381 e. The van der Waals surface area contributed by atoms with Crippen LogP contribution in [0.2, 0.25) is 0 Å². The van der Waals surface area contributed by atoms with Gasteiger partial charge in [0.05, 0.1) is 0 Å². The second kappa shape index (κ2) is 5.19. The SMILES string of the molecule is c1cc(C2CCOCC2)cc(C2CCCN2)c1. The molecular formula is C15H21NO. The third kappa shape index (κ3) is 2.53. The zero-order chi connectivity index (χ0) is 11.5. The van der Waals surface area contributed by atoms with Crippen molar-refractivity contribution in [1.29, 1.82) is 0 Å². The maximum Gasteiger partial charge on any atom is 0.0471 e. The van der Waals surface area contributed by atoms with Crippen molar-refractivity contribution in [2.75, 3.05) is 19.8 Å². The minimum atomic E-state index is 0.592. The number of rotatable bonds is 2. The summed E-state index contributed by atoms with van der Waals surface area (Å²) in [6.07, 6.45) is 4.96. The number of hydrogen-bond donors (Lipinski definition) is 1. The summed E-state index contributed by atoms with van der Waals surface area (Å²) in [5.74, 6) is 0.713. The van der Waals surface area contributed by atoms with E-state index < -0.39 is 0 Å². The van der Waals surface area contributed by atoms with Gasteiger partial charge in [-0.3, -0.25) is 0 Å². The Balaban J connectivity index is 1.77. The summed E-state index contributed by atoms with van der Waals surface area (Å²) in [4.78, 5) is 0. The Morgan fingerprint density at radius 2 is 1.88 bits per heavy atom. The Bertz CT molecular complexity index is 365. The molecule has 92 valence electrons. The van der Waals surface area contributed by atoms with Gasteiger partial charge in [0.1, 0.15) is 0 Å². The molecule has 0 bridgehead atoms. The van der Waals surface area contributed by atoms with Crippen molar-refractivity contribution in [3.8, 4) is 0 Å². The van der Waals surface area contributed by atoms with Crippen LogP contribution in [0.15, 0.2) is 24.3 Å². The Labute approximate surface area is 103 Å². The molecule has 2 aliphatic heterocycles. The van der Waals surface area contributed by atoms with Crippen LogP contribution in [-0.4, -0.2) is 19.8 Å². The summed E-state index contributed by atoms with van der Waals surface area (Å²) < 4.78 is 5.44. The number of hydrogen-bond acceptors (Lipinski definition) is 2. The van der Waals surface area contributed by atoms with Crippen molar-refractivity contribution >= 4 is 0 Å². The normalized spacial score (nSPS) is 26.2. The lowest BCUT2D eigenvalue weighted by molar-refractivity contribution is 0.0853. The smallest absolute Gasteiger partial charge is 0.0471 e. The number of nitrogens with one attached hydrogen (secondary N) is 1. The highest BCUT2D eigenvalue weighted by atomic mass is 16.5. The van der Waals surface area contributed by atoms with Crippen molar-refractivity contribution < 1.29 is 4.74 Å². The molecule has 2 saturated heterocycles. The quantitative estimate of drug-likeness (QED) is 0.845. The predicted molar refractivity (Wildman–Crippen MR) is 69.2 cm³/mol. The van der Waals surface area contributed by atoms with Crippen LogP contribution in [0.4, 0.5) is 0 Å². The standard InChI is InChI=1S/C15H21NO/c1-3-13(12-6-9-17-10-7-12)11-14(4-1)15-5-2-8-16-15/h1,3-4,11-12,15-16H,2,5-10H2. The fraction of sp³-hybridized carbons (Fsp3) is 0.600. The highest BCUT2D eigenvalue weighted by Crippen LogP contribution is 2.30. The summed E-state index contributed by atoms with van der Waals surface area (Å²) in [7, 11) is 0. The summed E-state index contributed by atoms with van der Waals surface area (Å²) in [6, 6.07) is 9.79. The van der Waals surface area contributed by atoms with Gasteiger partial charge in [0.25, 0.3) is 0 Å². The summed E-state index contributed by atoms with van der Waals surface area (Å²) in [6.45, 7) is 3.03. The first-order valence-corrected chi connectivity index (χ1v) is 6.84. The lowest BCUT2D eigenvalue weighted by Crippen LogP contribution is -2.16. The van der Waals surface area contributed by atoms with Gasteiger partial charge in [0.2, 0.25) is 0 Å². The van der Waals surface area contributed by atoms with E-state index in [2.05, 4.69) is 29.6 Å². The van der Waals surface area contributed by atoms with Gasteiger partial charge in [-0.15, -0.1) is 0 Å². The first-order valence-electron chi connectivity index (χ1n) is 6.84. The van der Waals surface area contributed by atoms with E-state index in [4.69, 9.17) is 4.74 Å². The highest BCUT2D eigenvalue weighted by molar-refractivity contribution is 5.29. The summed E-state index contributed by atoms with van der Waals surface area (Å²) in [5, 5.41) is 3.58. The van der Waals surface area contributed by atoms with Crippen molar-refractivity contribution in [2.45, 2.75) is 37.6 Å². The van der Waals surface area contributed by atoms with Gasteiger partial charge < -0.3 is 10.1 Å². The maximum absolute atomic E-state index is 5.44. The van der Waals surface area contributed by atoms with Crippen LogP contribution in [-0.2, 0) is 4.74 Å². The molecule has 3 rings (SSSR count). The van der Waals surface area contributed by atoms with E-state index >= 15 is 0 Å². The Hall–Kier alpha value is -0.860. The molecule has 1 aromatic carbocycles. The first-order chi connectivity index (χ1) is 8.43. The predicted octanol–water partition coefficient (Wildman–Crippen LogP) is 3.01. The molecule has 17 heavy (non-hydrogen) atoms. The summed E-state index contributed by atoms with van der Waals surface area (Å²) >= 11 is 0. The molecule has 1 aromatic rings. The fourth-order valence-corrected chi connectivity index (χ4v) is 3.03. The highest BCUT2D eigenvalue weighted by Gasteiger charge is 2.19. The monoisotopic (exact) mass is 231 g/mol. The summed E-state index contributed by atoms with van der Waals surface area (Å²) in [5.41, 5.74) is 2.99.